The average molecular weight is 431 g/mol. The minimum Gasteiger partial charge on any atom is -0.207 e. The number of sulfonamides is 2. The van der Waals surface area contributed by atoms with Gasteiger partial charge in [0, 0.05) is 25.7 Å². The third-order valence-corrected chi connectivity index (χ3v) is 8.57. The summed E-state index contributed by atoms with van der Waals surface area (Å²) in [7, 11) is -7.72. The molecule has 0 N–H and O–H groups in total. The summed E-state index contributed by atoms with van der Waals surface area (Å²) >= 11 is 0. The molecule has 1 saturated heterocycles. The van der Waals surface area contributed by atoms with Gasteiger partial charge in [-0.05, 0) is 43.3 Å². The topological polar surface area (TPSA) is 122 Å². The SMILES string of the molecule is CC1CN(S(=O)(=O)c2cccc(C#N)c2)CCN1S(=O)(=O)c1cccc(C#N)c1. The van der Waals surface area contributed by atoms with Crippen LogP contribution in [-0.2, 0) is 20.0 Å². The van der Waals surface area contributed by atoms with E-state index in [0.29, 0.717) is 0 Å². The van der Waals surface area contributed by atoms with Gasteiger partial charge in [-0.25, -0.2) is 16.8 Å². The van der Waals surface area contributed by atoms with Crippen LogP contribution in [0, 0.1) is 22.7 Å². The van der Waals surface area contributed by atoms with E-state index < -0.39 is 26.1 Å². The lowest BCUT2D eigenvalue weighted by molar-refractivity contribution is 0.212. The van der Waals surface area contributed by atoms with Gasteiger partial charge in [0.25, 0.3) is 0 Å². The van der Waals surface area contributed by atoms with Gasteiger partial charge in [-0.3, -0.25) is 0 Å². The molecule has 150 valence electrons. The normalized spacial score (nSPS) is 18.7. The highest BCUT2D eigenvalue weighted by molar-refractivity contribution is 7.89. The number of hydrogen-bond donors (Lipinski definition) is 0. The first-order chi connectivity index (χ1) is 13.7. The summed E-state index contributed by atoms with van der Waals surface area (Å²) in [6, 6.07) is 14.7. The average Bonchev–Trinajstić information content (AvgIpc) is 2.73. The highest BCUT2D eigenvalue weighted by atomic mass is 32.2. The van der Waals surface area contributed by atoms with Crippen LogP contribution in [0.5, 0.6) is 0 Å². The molecule has 8 nitrogen and oxygen atoms in total. The van der Waals surface area contributed by atoms with Gasteiger partial charge in [-0.2, -0.15) is 19.1 Å². The predicted molar refractivity (Wildman–Crippen MR) is 104 cm³/mol. The quantitative estimate of drug-likeness (QED) is 0.725. The Morgan fingerprint density at radius 1 is 0.862 bits per heavy atom. The fourth-order valence-electron chi connectivity index (χ4n) is 3.22. The standard InChI is InChI=1S/C19H18N4O4S2/c1-15-14-22(28(24,25)18-6-2-4-16(10-18)12-20)8-9-23(15)29(26,27)19-7-3-5-17(11-19)13-21/h2-7,10-11,15H,8-9,14H2,1H3. The second kappa shape index (κ2) is 7.93. The molecule has 1 aliphatic heterocycles. The molecule has 0 bridgehead atoms. The first kappa shape index (κ1) is 21.0. The number of rotatable bonds is 4. The van der Waals surface area contributed by atoms with Crippen LogP contribution in [0.15, 0.2) is 58.3 Å². The van der Waals surface area contributed by atoms with Crippen LogP contribution >= 0.6 is 0 Å². The Morgan fingerprint density at radius 2 is 1.38 bits per heavy atom. The minimum absolute atomic E-state index is 0.00132. The van der Waals surface area contributed by atoms with Crippen molar-refractivity contribution in [2.75, 3.05) is 19.6 Å². The van der Waals surface area contributed by atoms with Crippen molar-refractivity contribution >= 4 is 20.0 Å². The van der Waals surface area contributed by atoms with Crippen LogP contribution in [-0.4, -0.2) is 51.1 Å². The van der Waals surface area contributed by atoms with Crippen molar-refractivity contribution in [3.63, 3.8) is 0 Å². The summed E-state index contributed by atoms with van der Waals surface area (Å²) in [4.78, 5) is 0.00297. The van der Waals surface area contributed by atoms with Crippen LogP contribution in [0.25, 0.3) is 0 Å². The van der Waals surface area contributed by atoms with Gasteiger partial charge < -0.3 is 0 Å². The fraction of sp³-hybridized carbons (Fsp3) is 0.263. The zero-order valence-electron chi connectivity index (χ0n) is 15.6. The Bertz CT molecular complexity index is 1230. The van der Waals surface area contributed by atoms with Gasteiger partial charge in [0.2, 0.25) is 20.0 Å². The van der Waals surface area contributed by atoms with Crippen LogP contribution in [0.2, 0.25) is 0 Å². The van der Waals surface area contributed by atoms with Gasteiger partial charge in [0.15, 0.2) is 0 Å². The molecule has 1 unspecified atom stereocenters. The summed E-state index contributed by atoms with van der Waals surface area (Å²) < 4.78 is 54.3. The molecule has 1 atom stereocenters. The molecule has 0 spiro atoms. The molecular weight excluding hydrogens is 412 g/mol. The van der Waals surface area contributed by atoms with E-state index in [1.165, 1.54) is 57.1 Å². The van der Waals surface area contributed by atoms with Crippen LogP contribution in [0.4, 0.5) is 0 Å². The van der Waals surface area contributed by atoms with Crippen molar-refractivity contribution < 1.29 is 16.8 Å². The molecule has 29 heavy (non-hydrogen) atoms. The molecule has 1 aliphatic rings. The summed E-state index contributed by atoms with van der Waals surface area (Å²) in [6.07, 6.45) is 0. The molecule has 1 fully saturated rings. The fourth-order valence-corrected chi connectivity index (χ4v) is 6.44. The third-order valence-electron chi connectivity index (χ3n) is 4.70. The number of hydrogen-bond acceptors (Lipinski definition) is 6. The van der Waals surface area contributed by atoms with Crippen LogP contribution in [0.3, 0.4) is 0 Å². The molecule has 0 radical (unpaired) electrons. The zero-order valence-corrected chi connectivity index (χ0v) is 17.2. The van der Waals surface area contributed by atoms with E-state index in [-0.39, 0.29) is 40.6 Å². The maximum atomic E-state index is 13.0. The van der Waals surface area contributed by atoms with Gasteiger partial charge in [-0.15, -0.1) is 0 Å². The van der Waals surface area contributed by atoms with Crippen molar-refractivity contribution in [3.05, 3.63) is 59.7 Å². The number of nitriles is 2. The molecule has 0 saturated carbocycles. The second-order valence-corrected chi connectivity index (χ2v) is 10.4. The van der Waals surface area contributed by atoms with Gasteiger partial charge in [-0.1, -0.05) is 12.1 Å². The summed E-state index contributed by atoms with van der Waals surface area (Å²) in [5, 5.41) is 18.0. The zero-order chi connectivity index (χ0) is 21.2. The van der Waals surface area contributed by atoms with E-state index in [0.717, 1.165) is 0 Å². The molecule has 0 amide bonds. The highest BCUT2D eigenvalue weighted by Crippen LogP contribution is 2.25. The molecular formula is C19H18N4O4S2. The van der Waals surface area contributed by atoms with Gasteiger partial charge in [0.1, 0.15) is 0 Å². The minimum atomic E-state index is -3.87. The molecule has 3 rings (SSSR count). The van der Waals surface area contributed by atoms with E-state index in [9.17, 15) is 16.8 Å². The Kier molecular flexibility index (Phi) is 5.73. The summed E-state index contributed by atoms with van der Waals surface area (Å²) in [5.74, 6) is 0. The van der Waals surface area contributed by atoms with Crippen LogP contribution in [0.1, 0.15) is 18.1 Å². The summed E-state index contributed by atoms with van der Waals surface area (Å²) in [6.45, 7) is 1.59. The number of nitrogens with zero attached hydrogens (tertiary/aromatic N) is 4. The Balaban J connectivity index is 1.85. The van der Waals surface area contributed by atoms with Crippen molar-refractivity contribution in [2.45, 2.75) is 22.8 Å². The largest absolute Gasteiger partial charge is 0.243 e. The second-order valence-electron chi connectivity index (χ2n) is 6.61. The third kappa shape index (κ3) is 4.02. The Morgan fingerprint density at radius 3 is 1.86 bits per heavy atom. The van der Waals surface area contributed by atoms with E-state index in [2.05, 4.69) is 0 Å². The van der Waals surface area contributed by atoms with E-state index in [4.69, 9.17) is 10.5 Å². The smallest absolute Gasteiger partial charge is 0.207 e. The van der Waals surface area contributed by atoms with Gasteiger partial charge >= 0.3 is 0 Å². The maximum absolute atomic E-state index is 13.0. The van der Waals surface area contributed by atoms with E-state index >= 15 is 0 Å². The maximum Gasteiger partial charge on any atom is 0.243 e. The van der Waals surface area contributed by atoms with Crippen molar-refractivity contribution in [1.82, 2.24) is 8.61 Å². The van der Waals surface area contributed by atoms with Crippen molar-refractivity contribution in [3.8, 4) is 12.1 Å². The predicted octanol–water partition coefficient (Wildman–Crippen LogP) is 1.51. The first-order valence-corrected chi connectivity index (χ1v) is 11.6. The van der Waals surface area contributed by atoms with Crippen molar-refractivity contribution in [2.24, 2.45) is 0 Å². The lowest BCUT2D eigenvalue weighted by Crippen LogP contribution is -2.55. The molecule has 10 heteroatoms. The van der Waals surface area contributed by atoms with E-state index in [1.807, 2.05) is 12.1 Å². The highest BCUT2D eigenvalue weighted by Gasteiger charge is 2.38. The Labute approximate surface area is 170 Å². The monoisotopic (exact) mass is 430 g/mol. The first-order valence-electron chi connectivity index (χ1n) is 8.72. The lowest BCUT2D eigenvalue weighted by Gasteiger charge is -2.38. The van der Waals surface area contributed by atoms with E-state index in [1.54, 1.807) is 6.92 Å². The molecule has 0 aliphatic carbocycles. The lowest BCUT2D eigenvalue weighted by atomic mass is 10.2. The van der Waals surface area contributed by atoms with Gasteiger partial charge in [0.05, 0.1) is 33.1 Å². The Hall–Kier alpha value is -2.76. The molecule has 2 aromatic carbocycles. The summed E-state index contributed by atoms with van der Waals surface area (Å²) in [5.41, 5.74) is 0.468. The number of benzene rings is 2. The number of piperazine rings is 1. The molecule has 1 heterocycles. The van der Waals surface area contributed by atoms with Crippen LogP contribution < -0.4 is 0 Å². The molecule has 2 aromatic rings. The molecule has 0 aromatic heterocycles. The van der Waals surface area contributed by atoms with Crippen molar-refractivity contribution in [1.29, 1.82) is 10.5 Å².